The quantitative estimate of drug-likeness (QED) is 0.591. The first-order valence-corrected chi connectivity index (χ1v) is 2.94. The van der Waals surface area contributed by atoms with Gasteiger partial charge in [0.1, 0.15) is 0 Å². The van der Waals surface area contributed by atoms with Crippen molar-refractivity contribution in [3.63, 3.8) is 0 Å². The van der Waals surface area contributed by atoms with Gasteiger partial charge in [-0.1, -0.05) is 0 Å². The van der Waals surface area contributed by atoms with Crippen LogP contribution < -0.4 is 5.73 Å². The van der Waals surface area contributed by atoms with Crippen LogP contribution in [-0.2, 0) is 7.05 Å². The molecule has 3 nitrogen and oxygen atoms in total. The summed E-state index contributed by atoms with van der Waals surface area (Å²) in [5.74, 6) is 0. The number of aromatic nitrogens is 2. The Balaban J connectivity index is 2.85. The molecule has 9 heavy (non-hydrogen) atoms. The minimum Gasteiger partial charge on any atom is -0.324 e. The van der Waals surface area contributed by atoms with Crippen LogP contribution in [0.1, 0.15) is 18.5 Å². The number of hydrogen-bond donors (Lipinski definition) is 1. The maximum Gasteiger partial charge on any atom is 0.0537 e. The Bertz CT molecular complexity index is 190. The van der Waals surface area contributed by atoms with Gasteiger partial charge in [0.05, 0.1) is 6.20 Å². The highest BCUT2D eigenvalue weighted by atomic mass is 15.2. The van der Waals surface area contributed by atoms with E-state index in [0.717, 1.165) is 5.56 Å². The lowest BCUT2D eigenvalue weighted by Crippen LogP contribution is -2.03. The highest BCUT2D eigenvalue weighted by Gasteiger charge is 1.98. The number of hydrogen-bond acceptors (Lipinski definition) is 2. The fourth-order valence-corrected chi connectivity index (χ4v) is 0.675. The van der Waals surface area contributed by atoms with E-state index in [0.29, 0.717) is 0 Å². The van der Waals surface area contributed by atoms with E-state index in [2.05, 4.69) is 5.10 Å². The van der Waals surface area contributed by atoms with E-state index in [-0.39, 0.29) is 6.04 Å². The second kappa shape index (κ2) is 2.19. The third-order valence-electron chi connectivity index (χ3n) is 1.25. The van der Waals surface area contributed by atoms with E-state index < -0.39 is 0 Å². The molecule has 0 radical (unpaired) electrons. The first-order valence-electron chi connectivity index (χ1n) is 2.94. The van der Waals surface area contributed by atoms with Gasteiger partial charge >= 0.3 is 0 Å². The van der Waals surface area contributed by atoms with Gasteiger partial charge in [-0.2, -0.15) is 5.10 Å². The molecule has 0 aliphatic rings. The zero-order chi connectivity index (χ0) is 6.85. The van der Waals surface area contributed by atoms with Crippen molar-refractivity contribution in [2.75, 3.05) is 0 Å². The van der Waals surface area contributed by atoms with Crippen molar-refractivity contribution in [2.24, 2.45) is 12.8 Å². The molecule has 3 heteroatoms. The summed E-state index contributed by atoms with van der Waals surface area (Å²) in [4.78, 5) is 0. The number of nitrogens with two attached hydrogens (primary N) is 1. The standard InChI is InChI=1S/C6H11N3/c1-5(7)6-3-8-9(2)4-6/h3-5H,7H2,1-2H3/t5-/m0/s1. The summed E-state index contributed by atoms with van der Waals surface area (Å²) >= 11 is 0. The third kappa shape index (κ3) is 1.29. The fourth-order valence-electron chi connectivity index (χ4n) is 0.675. The van der Waals surface area contributed by atoms with Crippen LogP contribution in [0.25, 0.3) is 0 Å². The molecule has 0 aliphatic carbocycles. The predicted octanol–water partition coefficient (Wildman–Crippen LogP) is 0.440. The molecule has 1 aromatic rings. The molecule has 1 atom stereocenters. The molecule has 0 spiro atoms. The molecule has 2 N–H and O–H groups in total. The molecule has 0 aliphatic heterocycles. The van der Waals surface area contributed by atoms with E-state index in [9.17, 15) is 0 Å². The average molecular weight is 125 g/mol. The van der Waals surface area contributed by atoms with Crippen LogP contribution in [0, 0.1) is 0 Å². The maximum absolute atomic E-state index is 5.57. The molecule has 0 saturated carbocycles. The lowest BCUT2D eigenvalue weighted by molar-refractivity contribution is 0.762. The van der Waals surface area contributed by atoms with Gasteiger partial charge in [0.15, 0.2) is 0 Å². The SMILES string of the molecule is C[C@H](N)c1cnn(C)c1. The van der Waals surface area contributed by atoms with Gasteiger partial charge < -0.3 is 5.73 Å². The largest absolute Gasteiger partial charge is 0.324 e. The van der Waals surface area contributed by atoms with E-state index in [1.54, 1.807) is 10.9 Å². The second-order valence-electron chi connectivity index (χ2n) is 2.24. The Labute approximate surface area is 54.5 Å². The van der Waals surface area contributed by atoms with E-state index in [4.69, 9.17) is 5.73 Å². The van der Waals surface area contributed by atoms with E-state index >= 15 is 0 Å². The van der Waals surface area contributed by atoms with Gasteiger partial charge in [-0.25, -0.2) is 0 Å². The minimum absolute atomic E-state index is 0.0960. The summed E-state index contributed by atoms with van der Waals surface area (Å²) in [6.07, 6.45) is 3.70. The third-order valence-corrected chi connectivity index (χ3v) is 1.25. The molecule has 0 fully saturated rings. The Hall–Kier alpha value is -0.830. The van der Waals surface area contributed by atoms with Crippen LogP contribution >= 0.6 is 0 Å². The van der Waals surface area contributed by atoms with Crippen LogP contribution in [0.3, 0.4) is 0 Å². The zero-order valence-corrected chi connectivity index (χ0v) is 5.70. The van der Waals surface area contributed by atoms with Gasteiger partial charge in [0.2, 0.25) is 0 Å². The highest BCUT2D eigenvalue weighted by molar-refractivity contribution is 5.07. The summed E-state index contributed by atoms with van der Waals surface area (Å²) in [5, 5.41) is 3.97. The Morgan fingerprint density at radius 3 is 2.67 bits per heavy atom. The van der Waals surface area contributed by atoms with Crippen LogP contribution in [0.15, 0.2) is 12.4 Å². The molecule has 0 aromatic carbocycles. The number of aryl methyl sites for hydroxylation is 1. The molecule has 1 rings (SSSR count). The molecule has 0 amide bonds. The molecule has 50 valence electrons. The van der Waals surface area contributed by atoms with Crippen molar-refractivity contribution in [2.45, 2.75) is 13.0 Å². The van der Waals surface area contributed by atoms with Crippen LogP contribution in [0.2, 0.25) is 0 Å². The molecular formula is C6H11N3. The summed E-state index contributed by atoms with van der Waals surface area (Å²) < 4.78 is 1.75. The summed E-state index contributed by atoms with van der Waals surface area (Å²) in [6, 6.07) is 0.0960. The Kier molecular flexibility index (Phi) is 1.53. The molecular weight excluding hydrogens is 114 g/mol. The van der Waals surface area contributed by atoms with Crippen LogP contribution in [0.5, 0.6) is 0 Å². The Morgan fingerprint density at radius 1 is 1.78 bits per heavy atom. The van der Waals surface area contributed by atoms with Crippen LogP contribution in [0.4, 0.5) is 0 Å². The topological polar surface area (TPSA) is 43.8 Å². The fraction of sp³-hybridized carbons (Fsp3) is 0.500. The molecule has 0 saturated heterocycles. The van der Waals surface area contributed by atoms with Crippen LogP contribution in [-0.4, -0.2) is 9.78 Å². The Morgan fingerprint density at radius 2 is 2.44 bits per heavy atom. The zero-order valence-electron chi connectivity index (χ0n) is 5.70. The maximum atomic E-state index is 5.57. The molecule has 1 heterocycles. The lowest BCUT2D eigenvalue weighted by atomic mass is 10.2. The molecule has 1 aromatic heterocycles. The van der Waals surface area contributed by atoms with Gasteiger partial charge in [-0.3, -0.25) is 4.68 Å². The average Bonchev–Trinajstić information content (AvgIpc) is 2.14. The van der Waals surface area contributed by atoms with Gasteiger partial charge in [0, 0.05) is 24.8 Å². The minimum atomic E-state index is 0.0960. The van der Waals surface area contributed by atoms with Crippen molar-refractivity contribution in [3.05, 3.63) is 18.0 Å². The molecule has 0 unspecified atom stereocenters. The van der Waals surface area contributed by atoms with Crippen molar-refractivity contribution < 1.29 is 0 Å². The van der Waals surface area contributed by atoms with Gasteiger partial charge in [-0.05, 0) is 6.92 Å². The predicted molar refractivity (Wildman–Crippen MR) is 35.8 cm³/mol. The first-order chi connectivity index (χ1) is 4.20. The monoisotopic (exact) mass is 125 g/mol. The van der Waals surface area contributed by atoms with E-state index in [1.807, 2.05) is 20.2 Å². The van der Waals surface area contributed by atoms with Crippen molar-refractivity contribution in [3.8, 4) is 0 Å². The van der Waals surface area contributed by atoms with Gasteiger partial charge in [0.25, 0.3) is 0 Å². The van der Waals surface area contributed by atoms with Crippen molar-refractivity contribution in [1.29, 1.82) is 0 Å². The summed E-state index contributed by atoms with van der Waals surface area (Å²) in [7, 11) is 1.88. The number of nitrogens with zero attached hydrogens (tertiary/aromatic N) is 2. The summed E-state index contributed by atoms with van der Waals surface area (Å²) in [5.41, 5.74) is 6.65. The van der Waals surface area contributed by atoms with Crippen molar-refractivity contribution in [1.82, 2.24) is 9.78 Å². The summed E-state index contributed by atoms with van der Waals surface area (Å²) in [6.45, 7) is 1.94. The van der Waals surface area contributed by atoms with E-state index in [1.165, 1.54) is 0 Å². The molecule has 0 bridgehead atoms. The van der Waals surface area contributed by atoms with Crippen molar-refractivity contribution >= 4 is 0 Å². The normalized spacial score (nSPS) is 13.7. The first kappa shape index (κ1) is 6.29. The lowest BCUT2D eigenvalue weighted by Gasteiger charge is -1.96. The highest BCUT2D eigenvalue weighted by Crippen LogP contribution is 2.05. The van der Waals surface area contributed by atoms with Gasteiger partial charge in [-0.15, -0.1) is 0 Å². The second-order valence-corrected chi connectivity index (χ2v) is 2.24. The number of rotatable bonds is 1. The smallest absolute Gasteiger partial charge is 0.0537 e.